The van der Waals surface area contributed by atoms with Gasteiger partial charge >= 0.3 is 5.97 Å². The highest BCUT2D eigenvalue weighted by atomic mass is 16.5. The monoisotopic (exact) mass is 307 g/mol. The van der Waals surface area contributed by atoms with Crippen LogP contribution in [0.3, 0.4) is 0 Å². The molecule has 0 saturated carbocycles. The molecule has 122 valence electrons. The van der Waals surface area contributed by atoms with E-state index in [1.165, 1.54) is 7.11 Å². The third-order valence-electron chi connectivity index (χ3n) is 4.31. The number of ether oxygens (including phenoxy) is 3. The van der Waals surface area contributed by atoms with Crippen LogP contribution in [-0.4, -0.2) is 51.8 Å². The number of carbonyl (C=O) groups excluding carboxylic acids is 1. The van der Waals surface area contributed by atoms with E-state index in [-0.39, 0.29) is 11.9 Å². The first-order valence-corrected chi connectivity index (χ1v) is 7.67. The fraction of sp³-hybridized carbons (Fsp3) is 0.588. The Kier molecular flexibility index (Phi) is 6.07. The molecule has 1 fully saturated rings. The first-order chi connectivity index (χ1) is 10.6. The minimum atomic E-state index is -0.218. The summed E-state index contributed by atoms with van der Waals surface area (Å²) >= 11 is 0. The summed E-state index contributed by atoms with van der Waals surface area (Å²) in [4.78, 5) is 14.4. The predicted molar refractivity (Wildman–Crippen MR) is 84.2 cm³/mol. The molecule has 0 radical (unpaired) electrons. The van der Waals surface area contributed by atoms with Gasteiger partial charge in [-0.2, -0.15) is 0 Å². The van der Waals surface area contributed by atoms with Crippen LogP contribution in [0.5, 0.6) is 11.5 Å². The summed E-state index contributed by atoms with van der Waals surface area (Å²) < 4.78 is 16.0. The molecule has 1 aromatic rings. The van der Waals surface area contributed by atoms with E-state index in [0.29, 0.717) is 18.3 Å². The number of nitrogens with zero attached hydrogens (tertiary/aromatic N) is 1. The van der Waals surface area contributed by atoms with Crippen molar-refractivity contribution in [3.63, 3.8) is 0 Å². The van der Waals surface area contributed by atoms with Gasteiger partial charge in [-0.1, -0.05) is 6.07 Å². The lowest BCUT2D eigenvalue weighted by Crippen LogP contribution is -2.38. The highest BCUT2D eigenvalue weighted by Crippen LogP contribution is 2.27. The van der Waals surface area contributed by atoms with Crippen molar-refractivity contribution in [2.75, 3.05) is 41.0 Å². The van der Waals surface area contributed by atoms with Crippen LogP contribution in [0.1, 0.15) is 12.8 Å². The Morgan fingerprint density at radius 3 is 2.59 bits per heavy atom. The van der Waals surface area contributed by atoms with Crippen LogP contribution in [0.15, 0.2) is 24.3 Å². The molecular weight excluding hydrogens is 282 g/mol. The van der Waals surface area contributed by atoms with Gasteiger partial charge in [0.15, 0.2) is 0 Å². The Bertz CT molecular complexity index is 483. The quantitative estimate of drug-likeness (QED) is 0.754. The van der Waals surface area contributed by atoms with Crippen LogP contribution in [-0.2, 0) is 9.53 Å². The maximum atomic E-state index is 12.1. The molecule has 1 heterocycles. The topological polar surface area (TPSA) is 48.0 Å². The largest absolute Gasteiger partial charge is 0.497 e. The summed E-state index contributed by atoms with van der Waals surface area (Å²) in [5, 5.41) is 0. The van der Waals surface area contributed by atoms with Crippen molar-refractivity contribution in [2.24, 2.45) is 11.8 Å². The predicted octanol–water partition coefficient (Wildman–Crippen LogP) is 2.21. The molecule has 5 heteroatoms. The van der Waals surface area contributed by atoms with Crippen molar-refractivity contribution in [3.05, 3.63) is 24.3 Å². The number of piperidine rings is 1. The number of rotatable bonds is 6. The number of likely N-dealkylation sites (tertiary alicyclic amines) is 1. The fourth-order valence-electron chi connectivity index (χ4n) is 2.86. The molecule has 1 aromatic carbocycles. The zero-order chi connectivity index (χ0) is 15.9. The highest BCUT2D eigenvalue weighted by Gasteiger charge is 2.32. The first-order valence-electron chi connectivity index (χ1n) is 7.67. The van der Waals surface area contributed by atoms with Gasteiger partial charge in [-0.05, 0) is 51.0 Å². The third-order valence-corrected chi connectivity index (χ3v) is 4.31. The number of carbonyl (C=O) groups is 1. The Morgan fingerprint density at radius 2 is 1.95 bits per heavy atom. The van der Waals surface area contributed by atoms with E-state index in [9.17, 15) is 4.79 Å². The van der Waals surface area contributed by atoms with Crippen LogP contribution in [0.25, 0.3) is 0 Å². The summed E-state index contributed by atoms with van der Waals surface area (Å²) in [5.74, 6) is 1.36. The van der Waals surface area contributed by atoms with Crippen molar-refractivity contribution in [1.82, 2.24) is 4.90 Å². The fourth-order valence-corrected chi connectivity index (χ4v) is 2.86. The smallest absolute Gasteiger partial charge is 0.312 e. The second-order valence-electron chi connectivity index (χ2n) is 5.76. The summed E-state index contributed by atoms with van der Waals surface area (Å²) in [6.45, 7) is 2.36. The molecule has 0 spiro atoms. The maximum Gasteiger partial charge on any atom is 0.312 e. The Hall–Kier alpha value is -1.75. The average molecular weight is 307 g/mol. The Labute approximate surface area is 132 Å². The highest BCUT2D eigenvalue weighted by molar-refractivity contribution is 5.72. The zero-order valence-electron chi connectivity index (χ0n) is 13.6. The van der Waals surface area contributed by atoms with E-state index in [1.54, 1.807) is 7.11 Å². The molecule has 0 aromatic heterocycles. The first kappa shape index (κ1) is 16.6. The second-order valence-corrected chi connectivity index (χ2v) is 5.76. The summed E-state index contributed by atoms with van der Waals surface area (Å²) in [5.41, 5.74) is 0. The van der Waals surface area contributed by atoms with E-state index >= 15 is 0 Å². The average Bonchev–Trinajstić information content (AvgIpc) is 2.56. The van der Waals surface area contributed by atoms with Gasteiger partial charge in [0, 0.05) is 6.07 Å². The minimum absolute atomic E-state index is 0.183. The molecule has 0 aliphatic carbocycles. The standard InChI is InChI=1S/C17H25NO4/c1-18-9-7-13(8-10-18)16(17(19)21-3)12-22-15-6-4-5-14(11-15)20-2/h4-6,11,13,16H,7-10,12H2,1-3H3. The molecule has 5 nitrogen and oxygen atoms in total. The summed E-state index contributed by atoms with van der Waals surface area (Å²) in [7, 11) is 5.17. The van der Waals surface area contributed by atoms with Gasteiger partial charge < -0.3 is 19.1 Å². The normalized spacial score (nSPS) is 17.8. The van der Waals surface area contributed by atoms with E-state index in [4.69, 9.17) is 14.2 Å². The van der Waals surface area contributed by atoms with Crippen molar-refractivity contribution < 1.29 is 19.0 Å². The molecule has 1 saturated heterocycles. The number of hydrogen-bond acceptors (Lipinski definition) is 5. The van der Waals surface area contributed by atoms with Crippen LogP contribution in [0.4, 0.5) is 0 Å². The van der Waals surface area contributed by atoms with E-state index < -0.39 is 0 Å². The van der Waals surface area contributed by atoms with Gasteiger partial charge in [0.05, 0.1) is 20.1 Å². The van der Waals surface area contributed by atoms with E-state index in [1.807, 2.05) is 24.3 Å². The van der Waals surface area contributed by atoms with Crippen LogP contribution in [0.2, 0.25) is 0 Å². The summed E-state index contributed by atoms with van der Waals surface area (Å²) in [6.07, 6.45) is 2.00. The molecule has 1 unspecified atom stereocenters. The molecule has 2 rings (SSSR count). The Balaban J connectivity index is 1.98. The van der Waals surface area contributed by atoms with Gasteiger partial charge in [-0.15, -0.1) is 0 Å². The van der Waals surface area contributed by atoms with Crippen molar-refractivity contribution >= 4 is 5.97 Å². The van der Waals surface area contributed by atoms with Crippen molar-refractivity contribution in [3.8, 4) is 11.5 Å². The van der Waals surface area contributed by atoms with Gasteiger partial charge in [-0.25, -0.2) is 0 Å². The Morgan fingerprint density at radius 1 is 1.27 bits per heavy atom. The second kappa shape index (κ2) is 8.03. The molecule has 0 amide bonds. The lowest BCUT2D eigenvalue weighted by molar-refractivity contribution is -0.149. The minimum Gasteiger partial charge on any atom is -0.497 e. The number of esters is 1. The summed E-state index contributed by atoms with van der Waals surface area (Å²) in [6, 6.07) is 7.42. The molecule has 1 atom stereocenters. The van der Waals surface area contributed by atoms with Gasteiger partial charge in [0.25, 0.3) is 0 Å². The third kappa shape index (κ3) is 4.37. The molecular formula is C17H25NO4. The maximum absolute atomic E-state index is 12.1. The molecule has 1 aliphatic heterocycles. The molecule has 0 N–H and O–H groups in total. The molecule has 1 aliphatic rings. The van der Waals surface area contributed by atoms with E-state index in [2.05, 4.69) is 11.9 Å². The number of hydrogen-bond donors (Lipinski definition) is 0. The van der Waals surface area contributed by atoms with Crippen LogP contribution in [0, 0.1) is 11.8 Å². The van der Waals surface area contributed by atoms with Gasteiger partial charge in [0.2, 0.25) is 0 Å². The van der Waals surface area contributed by atoms with Crippen molar-refractivity contribution in [2.45, 2.75) is 12.8 Å². The van der Waals surface area contributed by atoms with Crippen molar-refractivity contribution in [1.29, 1.82) is 0 Å². The van der Waals surface area contributed by atoms with Crippen LogP contribution >= 0.6 is 0 Å². The number of methoxy groups -OCH3 is 2. The van der Waals surface area contributed by atoms with E-state index in [0.717, 1.165) is 31.7 Å². The lowest BCUT2D eigenvalue weighted by atomic mass is 9.85. The van der Waals surface area contributed by atoms with Gasteiger partial charge in [-0.3, -0.25) is 4.79 Å². The molecule has 0 bridgehead atoms. The van der Waals surface area contributed by atoms with Crippen LogP contribution < -0.4 is 9.47 Å². The SMILES string of the molecule is COC(=O)C(COc1cccc(OC)c1)C1CCN(C)CC1. The molecule has 22 heavy (non-hydrogen) atoms. The number of benzene rings is 1. The zero-order valence-corrected chi connectivity index (χ0v) is 13.6. The van der Waals surface area contributed by atoms with Gasteiger partial charge in [0.1, 0.15) is 18.1 Å². The lowest BCUT2D eigenvalue weighted by Gasteiger charge is -2.32.